The standard InChI is InChI=1S/C14H8Br2FNO3/c15-7-1-3-9(12(17)5-7)13(19)18-8-2-4-11(16)10(6-8)14(20)21/h1-6H,(H,18,19)(H,20,21). The van der Waals surface area contributed by atoms with Crippen molar-refractivity contribution in [1.29, 1.82) is 0 Å². The quantitative estimate of drug-likeness (QED) is 0.783. The monoisotopic (exact) mass is 415 g/mol. The molecule has 0 heterocycles. The highest BCUT2D eigenvalue weighted by Gasteiger charge is 2.14. The van der Waals surface area contributed by atoms with Crippen molar-refractivity contribution in [3.63, 3.8) is 0 Å². The van der Waals surface area contributed by atoms with Gasteiger partial charge in [-0.2, -0.15) is 0 Å². The maximum Gasteiger partial charge on any atom is 0.336 e. The molecule has 108 valence electrons. The zero-order valence-corrected chi connectivity index (χ0v) is 13.5. The summed E-state index contributed by atoms with van der Waals surface area (Å²) in [5.41, 5.74) is 0.144. The van der Waals surface area contributed by atoms with Gasteiger partial charge in [0.05, 0.1) is 11.1 Å². The van der Waals surface area contributed by atoms with E-state index in [0.29, 0.717) is 8.95 Å². The summed E-state index contributed by atoms with van der Waals surface area (Å²) in [5.74, 6) is -2.45. The summed E-state index contributed by atoms with van der Waals surface area (Å²) in [5, 5.41) is 11.5. The van der Waals surface area contributed by atoms with Gasteiger partial charge < -0.3 is 10.4 Å². The van der Waals surface area contributed by atoms with Gasteiger partial charge >= 0.3 is 5.97 Å². The molecule has 2 aromatic carbocycles. The van der Waals surface area contributed by atoms with Crippen LogP contribution in [0.1, 0.15) is 20.7 Å². The van der Waals surface area contributed by atoms with E-state index in [0.717, 1.165) is 0 Å². The van der Waals surface area contributed by atoms with Gasteiger partial charge in [0.25, 0.3) is 5.91 Å². The van der Waals surface area contributed by atoms with Crippen molar-refractivity contribution in [2.45, 2.75) is 0 Å². The first kappa shape index (κ1) is 15.7. The summed E-state index contributed by atoms with van der Waals surface area (Å²) in [6, 6.07) is 8.37. The fraction of sp³-hybridized carbons (Fsp3) is 0. The Morgan fingerprint density at radius 2 is 1.76 bits per heavy atom. The highest BCUT2D eigenvalue weighted by molar-refractivity contribution is 9.10. The molecule has 0 aliphatic carbocycles. The highest BCUT2D eigenvalue weighted by atomic mass is 79.9. The molecule has 0 aromatic heterocycles. The Labute approximate surface area is 136 Å². The number of carboxylic acid groups (broad SMARTS) is 1. The maximum absolute atomic E-state index is 13.7. The molecular formula is C14H8Br2FNO3. The number of aromatic carboxylic acids is 1. The molecule has 2 N–H and O–H groups in total. The number of carboxylic acids is 1. The number of hydrogen-bond donors (Lipinski definition) is 2. The van der Waals surface area contributed by atoms with Crippen LogP contribution in [0, 0.1) is 5.82 Å². The lowest BCUT2D eigenvalue weighted by atomic mass is 10.1. The molecule has 0 saturated carbocycles. The second kappa shape index (κ2) is 6.36. The van der Waals surface area contributed by atoms with Crippen LogP contribution < -0.4 is 5.32 Å². The number of rotatable bonds is 3. The van der Waals surface area contributed by atoms with Gasteiger partial charge in [0.15, 0.2) is 0 Å². The minimum absolute atomic E-state index is 0.00378. The Bertz CT molecular complexity index is 734. The molecule has 2 aromatic rings. The SMILES string of the molecule is O=C(Nc1ccc(Br)c(C(=O)O)c1)c1ccc(Br)cc1F. The normalized spacial score (nSPS) is 10.2. The summed E-state index contributed by atoms with van der Waals surface area (Å²) in [6.45, 7) is 0. The first-order valence-corrected chi connectivity index (χ1v) is 7.26. The van der Waals surface area contributed by atoms with Crippen molar-refractivity contribution in [3.8, 4) is 0 Å². The Hall–Kier alpha value is -1.73. The van der Waals surface area contributed by atoms with Crippen molar-refractivity contribution >= 4 is 49.4 Å². The van der Waals surface area contributed by atoms with Gasteiger partial charge in [-0.15, -0.1) is 0 Å². The van der Waals surface area contributed by atoms with Crippen LogP contribution in [0.5, 0.6) is 0 Å². The molecule has 7 heteroatoms. The topological polar surface area (TPSA) is 66.4 Å². The van der Waals surface area contributed by atoms with Crippen LogP contribution in [-0.4, -0.2) is 17.0 Å². The molecule has 0 bridgehead atoms. The predicted octanol–water partition coefficient (Wildman–Crippen LogP) is 4.30. The number of carbonyl (C=O) groups excluding carboxylic acids is 1. The molecule has 0 fully saturated rings. The molecule has 4 nitrogen and oxygen atoms in total. The van der Waals surface area contributed by atoms with Gasteiger partial charge in [0.1, 0.15) is 5.82 Å². The zero-order valence-electron chi connectivity index (χ0n) is 10.4. The molecule has 1 amide bonds. The second-order valence-corrected chi connectivity index (χ2v) is 5.85. The Morgan fingerprint density at radius 3 is 2.38 bits per heavy atom. The summed E-state index contributed by atoms with van der Waals surface area (Å²) in [4.78, 5) is 23.0. The van der Waals surface area contributed by atoms with E-state index in [1.807, 2.05) is 0 Å². The third-order valence-corrected chi connectivity index (χ3v) is 3.82. The number of nitrogens with one attached hydrogen (secondary N) is 1. The third-order valence-electron chi connectivity index (χ3n) is 2.63. The van der Waals surface area contributed by atoms with Crippen LogP contribution in [0.3, 0.4) is 0 Å². The summed E-state index contributed by atoms with van der Waals surface area (Å²) in [6.07, 6.45) is 0. The number of anilines is 1. The number of halogens is 3. The van der Waals surface area contributed by atoms with E-state index >= 15 is 0 Å². The van der Waals surface area contributed by atoms with E-state index in [9.17, 15) is 14.0 Å². The molecule has 0 radical (unpaired) electrons. The molecule has 0 unspecified atom stereocenters. The maximum atomic E-state index is 13.7. The highest BCUT2D eigenvalue weighted by Crippen LogP contribution is 2.22. The van der Waals surface area contributed by atoms with Gasteiger partial charge in [-0.3, -0.25) is 4.79 Å². The molecule has 0 aliphatic rings. The van der Waals surface area contributed by atoms with E-state index in [4.69, 9.17) is 5.11 Å². The van der Waals surface area contributed by atoms with Gasteiger partial charge in [-0.1, -0.05) is 15.9 Å². The summed E-state index contributed by atoms with van der Waals surface area (Å²) in [7, 11) is 0. The second-order valence-electron chi connectivity index (χ2n) is 4.08. The summed E-state index contributed by atoms with van der Waals surface area (Å²) < 4.78 is 14.6. The molecule has 0 saturated heterocycles. The molecule has 21 heavy (non-hydrogen) atoms. The number of amides is 1. The van der Waals surface area contributed by atoms with Gasteiger partial charge in [-0.05, 0) is 52.3 Å². The van der Waals surface area contributed by atoms with E-state index in [2.05, 4.69) is 37.2 Å². The number of hydrogen-bond acceptors (Lipinski definition) is 2. The van der Waals surface area contributed by atoms with E-state index in [1.54, 1.807) is 6.07 Å². The lowest BCUT2D eigenvalue weighted by Gasteiger charge is -2.08. The summed E-state index contributed by atoms with van der Waals surface area (Å²) >= 11 is 6.21. The van der Waals surface area contributed by atoms with Crippen molar-refractivity contribution in [1.82, 2.24) is 0 Å². The average Bonchev–Trinajstić information content (AvgIpc) is 2.40. The van der Waals surface area contributed by atoms with Crippen LogP contribution in [0.15, 0.2) is 45.3 Å². The van der Waals surface area contributed by atoms with Gasteiger partial charge in [-0.25, -0.2) is 9.18 Å². The minimum atomic E-state index is -1.13. The average molecular weight is 417 g/mol. The molecule has 0 aliphatic heterocycles. The Morgan fingerprint density at radius 1 is 1.05 bits per heavy atom. The Kier molecular flexibility index (Phi) is 4.74. The van der Waals surface area contributed by atoms with Gasteiger partial charge in [0, 0.05) is 14.6 Å². The van der Waals surface area contributed by atoms with E-state index in [-0.39, 0.29) is 16.8 Å². The van der Waals surface area contributed by atoms with Crippen molar-refractivity contribution < 1.29 is 19.1 Å². The molecule has 0 atom stereocenters. The predicted molar refractivity (Wildman–Crippen MR) is 83.2 cm³/mol. The Balaban J connectivity index is 2.27. The minimum Gasteiger partial charge on any atom is -0.478 e. The lowest BCUT2D eigenvalue weighted by molar-refractivity contribution is 0.0695. The fourth-order valence-corrected chi connectivity index (χ4v) is 2.39. The third kappa shape index (κ3) is 3.68. The largest absolute Gasteiger partial charge is 0.478 e. The first-order chi connectivity index (χ1) is 9.88. The van der Waals surface area contributed by atoms with Crippen molar-refractivity contribution in [3.05, 3.63) is 62.3 Å². The van der Waals surface area contributed by atoms with Crippen LogP contribution in [0.2, 0.25) is 0 Å². The van der Waals surface area contributed by atoms with Crippen LogP contribution in [0.4, 0.5) is 10.1 Å². The molecule has 2 rings (SSSR count). The van der Waals surface area contributed by atoms with E-state index in [1.165, 1.54) is 30.3 Å². The van der Waals surface area contributed by atoms with Crippen LogP contribution in [0.25, 0.3) is 0 Å². The smallest absolute Gasteiger partial charge is 0.336 e. The lowest BCUT2D eigenvalue weighted by Crippen LogP contribution is -2.14. The fourth-order valence-electron chi connectivity index (χ4n) is 1.64. The number of benzene rings is 2. The first-order valence-electron chi connectivity index (χ1n) is 5.67. The van der Waals surface area contributed by atoms with Crippen LogP contribution >= 0.6 is 31.9 Å². The van der Waals surface area contributed by atoms with E-state index < -0.39 is 17.7 Å². The van der Waals surface area contributed by atoms with Crippen LogP contribution in [-0.2, 0) is 0 Å². The number of carbonyl (C=O) groups is 2. The molecule has 0 spiro atoms. The zero-order chi connectivity index (χ0) is 15.6. The molecular weight excluding hydrogens is 409 g/mol. The van der Waals surface area contributed by atoms with Crippen molar-refractivity contribution in [2.24, 2.45) is 0 Å². The van der Waals surface area contributed by atoms with Crippen molar-refractivity contribution in [2.75, 3.05) is 5.32 Å². The van der Waals surface area contributed by atoms with Gasteiger partial charge in [0.2, 0.25) is 0 Å².